The zero-order chi connectivity index (χ0) is 40.9. The summed E-state index contributed by atoms with van der Waals surface area (Å²) >= 11 is 6.62. The predicted molar refractivity (Wildman–Crippen MR) is 224 cm³/mol. The predicted octanol–water partition coefficient (Wildman–Crippen LogP) is 7.22. The van der Waals surface area contributed by atoms with Gasteiger partial charge in [0.05, 0.1) is 35.2 Å². The summed E-state index contributed by atoms with van der Waals surface area (Å²) < 4.78 is 22.0. The Bertz CT molecular complexity index is 2240. The summed E-state index contributed by atoms with van der Waals surface area (Å²) in [6, 6.07) is 17.8. The number of aromatic nitrogens is 5. The first-order chi connectivity index (χ1) is 28.7. The Hall–Kier alpha value is -5.38. The van der Waals surface area contributed by atoms with Crippen LogP contribution in [0.15, 0.2) is 66.9 Å². The minimum Gasteiger partial charge on any atom is -0.491 e. The molecule has 312 valence electrons. The fraction of sp³-hybridized carbons (Fsp3) is 0.465. The minimum atomic E-state index is -0.631. The molecule has 3 aliphatic rings. The number of fused-ring (bicyclic) bond motifs is 2. The molecular formula is C43H52ClN9O6. The maximum Gasteiger partial charge on any atom is 0.357 e. The molecule has 1 aliphatic carbocycles. The molecule has 1 N–H and O–H groups in total. The molecule has 8 rings (SSSR count). The molecule has 0 bridgehead atoms. The van der Waals surface area contributed by atoms with Crippen LogP contribution < -0.4 is 24.8 Å². The van der Waals surface area contributed by atoms with Crippen LogP contribution in [0.1, 0.15) is 88.3 Å². The highest BCUT2D eigenvalue weighted by Gasteiger charge is 2.34. The van der Waals surface area contributed by atoms with E-state index in [4.69, 9.17) is 35.7 Å². The molecule has 2 aliphatic heterocycles. The number of halogens is 1. The van der Waals surface area contributed by atoms with Crippen molar-refractivity contribution in [1.82, 2.24) is 34.6 Å². The van der Waals surface area contributed by atoms with Gasteiger partial charge in [-0.15, -0.1) is 15.3 Å². The number of amides is 2. The van der Waals surface area contributed by atoms with Crippen LogP contribution >= 0.6 is 11.6 Å². The van der Waals surface area contributed by atoms with Gasteiger partial charge in [0.2, 0.25) is 5.95 Å². The second-order valence-electron chi connectivity index (χ2n) is 16.3. The van der Waals surface area contributed by atoms with Crippen LogP contribution in [0.5, 0.6) is 11.5 Å². The molecule has 2 atom stereocenters. The lowest BCUT2D eigenvalue weighted by molar-refractivity contribution is -0.129. The first-order valence-corrected chi connectivity index (χ1v) is 20.9. The van der Waals surface area contributed by atoms with E-state index in [2.05, 4.69) is 25.3 Å². The number of rotatable bonds is 12. The first-order valence-electron chi connectivity index (χ1n) is 20.6. The number of nitrogens with zero attached hydrogens (tertiary/aromatic N) is 8. The summed E-state index contributed by atoms with van der Waals surface area (Å²) in [7, 11) is 0. The van der Waals surface area contributed by atoms with E-state index in [9.17, 15) is 9.59 Å². The van der Waals surface area contributed by atoms with Gasteiger partial charge in [-0.2, -0.15) is 5.10 Å². The van der Waals surface area contributed by atoms with Crippen molar-refractivity contribution in [3.05, 3.63) is 88.7 Å². The van der Waals surface area contributed by atoms with Crippen molar-refractivity contribution in [2.24, 2.45) is 0 Å². The van der Waals surface area contributed by atoms with Gasteiger partial charge in [0.25, 0.3) is 0 Å². The molecule has 5 heterocycles. The minimum absolute atomic E-state index is 0.232. The highest BCUT2D eigenvalue weighted by Crippen LogP contribution is 2.40. The van der Waals surface area contributed by atoms with E-state index in [0.29, 0.717) is 54.0 Å². The zero-order valence-electron chi connectivity index (χ0n) is 33.9. The number of hydrogen-bond acceptors (Lipinski definition) is 11. The number of anilines is 2. The van der Waals surface area contributed by atoms with Crippen LogP contribution in [0.3, 0.4) is 0 Å². The Kier molecular flexibility index (Phi) is 12.2. The standard InChI is InChI=1S/C43H52ClN9O6/c1-43(2,3)38-27-40(52(48-38)30-12-14-34(44)37(26-30)57-25-22-49-18-9-23-56-24-21-49)53(58-29-54)42(55)45-35-15-16-36(33-11-6-5-10-32(33)35)59-31-13-17-39-46-47-41(51(39)28-31)50-19-7-4-8-20-50/h5-6,10-14,17,26-29,35-36H,4,7-9,15-16,18-25H2,1-3H3,(H,45,55)/t35-,36+/m0/s1. The van der Waals surface area contributed by atoms with Crippen molar-refractivity contribution >= 4 is 41.5 Å². The molecule has 2 saturated heterocycles. The van der Waals surface area contributed by atoms with Gasteiger partial charge in [-0.1, -0.05) is 56.6 Å². The van der Waals surface area contributed by atoms with Gasteiger partial charge >= 0.3 is 12.5 Å². The van der Waals surface area contributed by atoms with Gasteiger partial charge in [0, 0.05) is 56.9 Å². The number of carbonyl (C=O) groups excluding carboxylic acids is 2. The number of nitrogens with one attached hydrogen (secondary N) is 1. The Labute approximate surface area is 349 Å². The van der Waals surface area contributed by atoms with E-state index in [1.807, 2.05) is 67.8 Å². The van der Waals surface area contributed by atoms with E-state index in [1.165, 1.54) is 6.42 Å². The Balaban J connectivity index is 1.02. The number of ether oxygens (including phenoxy) is 3. The summed E-state index contributed by atoms with van der Waals surface area (Å²) in [5, 5.41) is 18.3. The molecule has 0 radical (unpaired) electrons. The number of piperidine rings is 1. The third-order valence-corrected chi connectivity index (χ3v) is 11.5. The van der Waals surface area contributed by atoms with Gasteiger partial charge < -0.3 is 29.3 Å². The second kappa shape index (κ2) is 17.9. The van der Waals surface area contributed by atoms with Gasteiger partial charge in [-0.25, -0.2) is 9.48 Å². The van der Waals surface area contributed by atoms with Gasteiger partial charge in [-0.05, 0) is 73.9 Å². The maximum absolute atomic E-state index is 14.3. The lowest BCUT2D eigenvalue weighted by Crippen LogP contribution is -2.43. The molecule has 0 unspecified atom stereocenters. The first kappa shape index (κ1) is 40.4. The normalized spacial score (nSPS) is 18.8. The van der Waals surface area contributed by atoms with E-state index in [0.717, 1.165) is 86.4 Å². The molecule has 15 nitrogen and oxygen atoms in total. The fourth-order valence-corrected chi connectivity index (χ4v) is 8.17. The molecular weight excluding hydrogens is 774 g/mol. The van der Waals surface area contributed by atoms with E-state index >= 15 is 0 Å². The van der Waals surface area contributed by atoms with Crippen LogP contribution in [-0.4, -0.2) is 94.3 Å². The number of hydrogen-bond donors (Lipinski definition) is 1. The summed E-state index contributed by atoms with van der Waals surface area (Å²) in [6.07, 6.45) is 7.38. The number of carbonyl (C=O) groups is 2. The SMILES string of the molecule is CC(C)(C)c1cc(N(OC=O)C(=O)N[C@H]2CC[C@@H](Oc3ccc4nnc(N5CCCCC5)n4c3)c3ccccc32)n(-c2ccc(Cl)c(OCCN3CCCOCC3)c2)n1. The second-order valence-corrected chi connectivity index (χ2v) is 16.7. The van der Waals surface area contributed by atoms with Crippen molar-refractivity contribution < 1.29 is 28.6 Å². The average Bonchev–Trinajstić information content (AvgIpc) is 3.79. The summed E-state index contributed by atoms with van der Waals surface area (Å²) in [5.41, 5.74) is 3.49. The van der Waals surface area contributed by atoms with Crippen molar-refractivity contribution in [3.63, 3.8) is 0 Å². The molecule has 3 aromatic heterocycles. The largest absolute Gasteiger partial charge is 0.491 e. The third-order valence-electron chi connectivity index (χ3n) is 11.1. The van der Waals surface area contributed by atoms with Crippen molar-refractivity contribution in [2.45, 2.75) is 76.9 Å². The lowest BCUT2D eigenvalue weighted by Gasteiger charge is -2.33. The van der Waals surface area contributed by atoms with Gasteiger partial charge in [-0.3, -0.25) is 14.1 Å². The van der Waals surface area contributed by atoms with Crippen molar-refractivity contribution in [2.75, 3.05) is 62.5 Å². The number of benzene rings is 2. The number of hydroxylamine groups is 1. The summed E-state index contributed by atoms with van der Waals surface area (Å²) in [6.45, 7) is 12.6. The van der Waals surface area contributed by atoms with Crippen LogP contribution in [-0.2, 0) is 19.8 Å². The average molecular weight is 826 g/mol. The molecule has 0 saturated carbocycles. The Morgan fingerprint density at radius 1 is 0.966 bits per heavy atom. The van der Waals surface area contributed by atoms with E-state index < -0.39 is 17.5 Å². The zero-order valence-corrected chi connectivity index (χ0v) is 34.6. The van der Waals surface area contributed by atoms with Crippen LogP contribution in [0.25, 0.3) is 11.3 Å². The molecule has 59 heavy (non-hydrogen) atoms. The lowest BCUT2D eigenvalue weighted by atomic mass is 9.85. The molecule has 2 fully saturated rings. The van der Waals surface area contributed by atoms with Gasteiger partial charge in [0.1, 0.15) is 24.2 Å². The van der Waals surface area contributed by atoms with Gasteiger partial charge in [0.15, 0.2) is 11.5 Å². The van der Waals surface area contributed by atoms with Crippen molar-refractivity contribution in [3.8, 4) is 17.2 Å². The monoisotopic (exact) mass is 825 g/mol. The Morgan fingerprint density at radius 3 is 2.61 bits per heavy atom. The molecule has 0 spiro atoms. The number of urea groups is 1. The summed E-state index contributed by atoms with van der Waals surface area (Å²) in [5.74, 6) is 2.24. The van der Waals surface area contributed by atoms with E-state index in [-0.39, 0.29) is 18.4 Å². The third kappa shape index (κ3) is 9.12. The quantitative estimate of drug-likeness (QED) is 0.101. The van der Waals surface area contributed by atoms with E-state index in [1.54, 1.807) is 28.9 Å². The van der Waals surface area contributed by atoms with Crippen LogP contribution in [0.2, 0.25) is 5.02 Å². The maximum atomic E-state index is 14.3. The topological polar surface area (TPSA) is 141 Å². The highest BCUT2D eigenvalue weighted by atomic mass is 35.5. The Morgan fingerprint density at radius 2 is 1.80 bits per heavy atom. The molecule has 2 aromatic carbocycles. The van der Waals surface area contributed by atoms with Crippen molar-refractivity contribution in [1.29, 1.82) is 0 Å². The fourth-order valence-electron chi connectivity index (χ4n) is 8.00. The van der Waals surface area contributed by atoms with Crippen LogP contribution in [0.4, 0.5) is 16.6 Å². The van der Waals surface area contributed by atoms with Crippen LogP contribution in [0, 0.1) is 0 Å². The smallest absolute Gasteiger partial charge is 0.357 e. The summed E-state index contributed by atoms with van der Waals surface area (Å²) in [4.78, 5) is 36.4. The number of pyridine rings is 1. The molecule has 2 amide bonds. The molecule has 5 aromatic rings. The highest BCUT2D eigenvalue weighted by molar-refractivity contribution is 6.32. The molecule has 16 heteroatoms.